The van der Waals surface area contributed by atoms with Crippen molar-refractivity contribution >= 4 is 0 Å². The molecule has 0 bridgehead atoms. The first-order valence-corrected chi connectivity index (χ1v) is 4.29. The Hall–Kier alpha value is -1.56. The van der Waals surface area contributed by atoms with Crippen molar-refractivity contribution in [2.75, 3.05) is 0 Å². The SMILES string of the molecule is Cc1cc(O)c(F)cc1C(C)(C)C#N. The molecule has 1 aromatic carbocycles. The van der Waals surface area contributed by atoms with Gasteiger partial charge in [-0.15, -0.1) is 0 Å². The number of halogens is 1. The van der Waals surface area contributed by atoms with Gasteiger partial charge in [-0.25, -0.2) is 4.39 Å². The normalized spacial score (nSPS) is 11.1. The summed E-state index contributed by atoms with van der Waals surface area (Å²) in [4.78, 5) is 0. The predicted octanol–water partition coefficient (Wildman–Crippen LogP) is 2.64. The molecule has 0 radical (unpaired) electrons. The first-order chi connectivity index (χ1) is 6.38. The Morgan fingerprint density at radius 3 is 2.50 bits per heavy atom. The van der Waals surface area contributed by atoms with Crippen LogP contribution in [0.4, 0.5) is 4.39 Å². The smallest absolute Gasteiger partial charge is 0.165 e. The molecule has 0 aliphatic rings. The monoisotopic (exact) mass is 193 g/mol. The summed E-state index contributed by atoms with van der Waals surface area (Å²) in [5.41, 5.74) is 0.587. The average molecular weight is 193 g/mol. The summed E-state index contributed by atoms with van der Waals surface area (Å²) in [6, 6.07) is 4.65. The second-order valence-electron chi connectivity index (χ2n) is 3.86. The molecule has 2 nitrogen and oxygen atoms in total. The molecule has 0 fully saturated rings. The van der Waals surface area contributed by atoms with Gasteiger partial charge in [0, 0.05) is 0 Å². The van der Waals surface area contributed by atoms with Gasteiger partial charge in [0.15, 0.2) is 11.6 Å². The largest absolute Gasteiger partial charge is 0.505 e. The van der Waals surface area contributed by atoms with Gasteiger partial charge in [0.25, 0.3) is 0 Å². The third-order valence-electron chi connectivity index (χ3n) is 2.25. The summed E-state index contributed by atoms with van der Waals surface area (Å²) >= 11 is 0. The van der Waals surface area contributed by atoms with Crippen LogP contribution in [0.25, 0.3) is 0 Å². The van der Waals surface area contributed by atoms with Crippen molar-refractivity contribution in [3.05, 3.63) is 29.1 Å². The van der Waals surface area contributed by atoms with Crippen molar-refractivity contribution in [2.45, 2.75) is 26.2 Å². The Bertz CT molecular complexity index is 404. The lowest BCUT2D eigenvalue weighted by Gasteiger charge is -2.18. The second kappa shape index (κ2) is 3.30. The maximum absolute atomic E-state index is 13.1. The van der Waals surface area contributed by atoms with Crippen LogP contribution in [0.5, 0.6) is 5.75 Å². The fourth-order valence-corrected chi connectivity index (χ4v) is 1.40. The number of hydrogen-bond acceptors (Lipinski definition) is 2. The van der Waals surface area contributed by atoms with E-state index in [0.29, 0.717) is 5.56 Å². The third kappa shape index (κ3) is 1.69. The molecule has 0 spiro atoms. The average Bonchev–Trinajstić information content (AvgIpc) is 2.11. The number of nitriles is 1. The molecule has 1 aromatic rings. The van der Waals surface area contributed by atoms with Gasteiger partial charge in [-0.3, -0.25) is 0 Å². The van der Waals surface area contributed by atoms with Gasteiger partial charge < -0.3 is 5.11 Å². The van der Waals surface area contributed by atoms with E-state index >= 15 is 0 Å². The van der Waals surface area contributed by atoms with Crippen molar-refractivity contribution in [3.63, 3.8) is 0 Å². The summed E-state index contributed by atoms with van der Waals surface area (Å²) in [5.74, 6) is -1.06. The number of hydrogen-bond donors (Lipinski definition) is 1. The highest BCUT2D eigenvalue weighted by Crippen LogP contribution is 2.29. The number of phenolic OH excluding ortho intramolecular Hbond substituents is 1. The van der Waals surface area contributed by atoms with E-state index in [1.54, 1.807) is 20.8 Å². The number of nitrogens with zero attached hydrogens (tertiary/aromatic N) is 1. The van der Waals surface area contributed by atoms with Crippen LogP contribution in [0.1, 0.15) is 25.0 Å². The van der Waals surface area contributed by atoms with E-state index < -0.39 is 11.2 Å². The molecule has 0 atom stereocenters. The summed E-state index contributed by atoms with van der Waals surface area (Å²) in [7, 11) is 0. The minimum Gasteiger partial charge on any atom is -0.505 e. The van der Waals surface area contributed by atoms with Gasteiger partial charge in [-0.2, -0.15) is 5.26 Å². The highest BCUT2D eigenvalue weighted by atomic mass is 19.1. The minimum atomic E-state index is -0.737. The zero-order valence-corrected chi connectivity index (χ0v) is 8.43. The molecule has 0 aromatic heterocycles. The van der Waals surface area contributed by atoms with E-state index in [1.807, 2.05) is 0 Å². The fourth-order valence-electron chi connectivity index (χ4n) is 1.40. The molecular weight excluding hydrogens is 181 g/mol. The second-order valence-corrected chi connectivity index (χ2v) is 3.86. The maximum atomic E-state index is 13.1. The van der Waals surface area contributed by atoms with Crippen LogP contribution in [-0.4, -0.2) is 5.11 Å². The van der Waals surface area contributed by atoms with Crippen LogP contribution in [0.15, 0.2) is 12.1 Å². The van der Waals surface area contributed by atoms with E-state index in [2.05, 4.69) is 6.07 Å². The van der Waals surface area contributed by atoms with E-state index in [1.165, 1.54) is 12.1 Å². The fraction of sp³-hybridized carbons (Fsp3) is 0.364. The molecule has 74 valence electrons. The standard InChI is InChI=1S/C11H12FNO/c1-7-4-10(14)9(12)5-8(7)11(2,3)6-13/h4-5,14H,1-3H3. The molecule has 0 amide bonds. The molecule has 0 aliphatic heterocycles. The molecule has 1 N–H and O–H groups in total. The molecule has 0 unspecified atom stereocenters. The first kappa shape index (κ1) is 10.5. The van der Waals surface area contributed by atoms with Crippen LogP contribution in [0.3, 0.4) is 0 Å². The number of aryl methyl sites for hydroxylation is 1. The van der Waals surface area contributed by atoms with Crippen molar-refractivity contribution in [3.8, 4) is 11.8 Å². The number of benzene rings is 1. The van der Waals surface area contributed by atoms with Crippen LogP contribution in [0.2, 0.25) is 0 Å². The summed E-state index contributed by atoms with van der Waals surface area (Å²) < 4.78 is 13.1. The van der Waals surface area contributed by atoms with Gasteiger partial charge in [0.2, 0.25) is 0 Å². The summed E-state index contributed by atoms with van der Waals surface area (Å²) in [6.07, 6.45) is 0. The Balaban J connectivity index is 3.38. The van der Waals surface area contributed by atoms with Crippen molar-refractivity contribution in [1.29, 1.82) is 5.26 Å². The molecule has 0 aliphatic carbocycles. The van der Waals surface area contributed by atoms with E-state index in [9.17, 15) is 4.39 Å². The summed E-state index contributed by atoms with van der Waals surface area (Å²) in [6.45, 7) is 5.17. The van der Waals surface area contributed by atoms with E-state index in [0.717, 1.165) is 5.56 Å². The van der Waals surface area contributed by atoms with Crippen LogP contribution in [0, 0.1) is 24.1 Å². The lowest BCUT2D eigenvalue weighted by atomic mass is 9.83. The van der Waals surface area contributed by atoms with Crippen LogP contribution in [-0.2, 0) is 5.41 Å². The number of rotatable bonds is 1. The van der Waals surface area contributed by atoms with Gasteiger partial charge in [-0.05, 0) is 44.0 Å². The topological polar surface area (TPSA) is 44.0 Å². The van der Waals surface area contributed by atoms with Gasteiger partial charge in [-0.1, -0.05) is 0 Å². The van der Waals surface area contributed by atoms with Crippen LogP contribution < -0.4 is 0 Å². The van der Waals surface area contributed by atoms with Crippen molar-refractivity contribution < 1.29 is 9.50 Å². The Morgan fingerprint density at radius 2 is 2.00 bits per heavy atom. The zero-order chi connectivity index (χ0) is 10.9. The highest BCUT2D eigenvalue weighted by Gasteiger charge is 2.23. The van der Waals surface area contributed by atoms with Crippen LogP contribution >= 0.6 is 0 Å². The number of aromatic hydroxyl groups is 1. The van der Waals surface area contributed by atoms with Crippen molar-refractivity contribution in [1.82, 2.24) is 0 Å². The zero-order valence-electron chi connectivity index (χ0n) is 8.43. The molecule has 0 heterocycles. The first-order valence-electron chi connectivity index (χ1n) is 4.29. The van der Waals surface area contributed by atoms with Crippen molar-refractivity contribution in [2.24, 2.45) is 0 Å². The lowest BCUT2D eigenvalue weighted by Crippen LogP contribution is -2.15. The molecule has 0 saturated heterocycles. The Kier molecular flexibility index (Phi) is 2.48. The quantitative estimate of drug-likeness (QED) is 0.745. The molecule has 14 heavy (non-hydrogen) atoms. The molecule has 1 rings (SSSR count). The highest BCUT2D eigenvalue weighted by molar-refractivity contribution is 5.42. The Labute approximate surface area is 82.6 Å². The molecule has 0 saturated carbocycles. The third-order valence-corrected chi connectivity index (χ3v) is 2.25. The lowest BCUT2D eigenvalue weighted by molar-refractivity contribution is 0.430. The van der Waals surface area contributed by atoms with Gasteiger partial charge >= 0.3 is 0 Å². The molecular formula is C11H12FNO. The predicted molar refractivity (Wildman–Crippen MR) is 51.4 cm³/mol. The maximum Gasteiger partial charge on any atom is 0.165 e. The van der Waals surface area contributed by atoms with E-state index in [-0.39, 0.29) is 5.75 Å². The molecule has 3 heteroatoms. The summed E-state index contributed by atoms with van der Waals surface area (Å²) in [5, 5.41) is 18.0. The van der Waals surface area contributed by atoms with Gasteiger partial charge in [0.05, 0.1) is 11.5 Å². The van der Waals surface area contributed by atoms with E-state index in [4.69, 9.17) is 10.4 Å². The number of phenols is 1. The minimum absolute atomic E-state index is 0.375. The van der Waals surface area contributed by atoms with Gasteiger partial charge in [0.1, 0.15) is 0 Å². The Morgan fingerprint density at radius 1 is 1.43 bits per heavy atom.